The van der Waals surface area contributed by atoms with Crippen molar-refractivity contribution in [2.24, 2.45) is 0 Å². The number of thioether (sulfide) groups is 1. The van der Waals surface area contributed by atoms with Crippen LogP contribution in [-0.4, -0.2) is 6.26 Å². The number of hydrogen-bond acceptors (Lipinski definition) is 1. The summed E-state index contributed by atoms with van der Waals surface area (Å²) < 4.78 is 0. The molecule has 0 fully saturated rings. The molecule has 0 amide bonds. The molecule has 0 atom stereocenters. The first-order valence-corrected chi connectivity index (χ1v) is 6.72. The van der Waals surface area contributed by atoms with Crippen molar-refractivity contribution in [2.75, 3.05) is 6.26 Å². The lowest BCUT2D eigenvalue weighted by Gasteiger charge is -1.98. The van der Waals surface area contributed by atoms with E-state index in [1.165, 1.54) is 10.5 Å². The van der Waals surface area contributed by atoms with Gasteiger partial charge in [-0.1, -0.05) is 46.8 Å². The monoisotopic (exact) mass is 212 g/mol. The highest BCUT2D eigenvalue weighted by Gasteiger charge is 1.89. The average Bonchev–Trinajstić information content (AvgIpc) is 2.34. The van der Waals surface area contributed by atoms with Gasteiger partial charge in [-0.15, -0.1) is 11.8 Å². The van der Waals surface area contributed by atoms with Crippen molar-refractivity contribution in [1.29, 1.82) is 0 Å². The Morgan fingerprint density at radius 1 is 1.07 bits per heavy atom. The van der Waals surface area contributed by atoms with Gasteiger partial charge in [-0.05, 0) is 30.4 Å². The Morgan fingerprint density at radius 2 is 1.64 bits per heavy atom. The Hall–Kier alpha value is -0.430. The van der Waals surface area contributed by atoms with E-state index < -0.39 is 0 Å². The molecule has 0 aliphatic carbocycles. The fourth-order valence-corrected chi connectivity index (χ4v) is 1.38. The highest BCUT2D eigenvalue weighted by molar-refractivity contribution is 7.98. The van der Waals surface area contributed by atoms with Crippen LogP contribution in [-0.2, 0) is 6.42 Å². The minimum absolute atomic E-state index is 1.13. The van der Waals surface area contributed by atoms with Gasteiger partial charge < -0.3 is 0 Å². The van der Waals surface area contributed by atoms with Gasteiger partial charge in [0.25, 0.3) is 0 Å². The molecule has 0 radical (unpaired) electrons. The van der Waals surface area contributed by atoms with Gasteiger partial charge in [0.05, 0.1) is 0 Å². The Labute approximate surface area is 94.1 Å². The van der Waals surface area contributed by atoms with E-state index in [2.05, 4.69) is 37.4 Å². The molecule has 1 heteroatoms. The van der Waals surface area contributed by atoms with Crippen LogP contribution < -0.4 is 0 Å². The standard InChI is InChI=1S/C9H12S.2C2H6/c1-3-8-5-4-6-9(7-8)10-2;2*1-2/h4-7H,3H2,1-2H3;2*1-2H3. The molecule has 0 N–H and O–H groups in total. The molecule has 0 spiro atoms. The first kappa shape index (κ1) is 16.0. The van der Waals surface area contributed by atoms with Crippen LogP contribution in [0.2, 0.25) is 0 Å². The van der Waals surface area contributed by atoms with E-state index in [0.29, 0.717) is 0 Å². The summed E-state index contributed by atoms with van der Waals surface area (Å²) in [6, 6.07) is 8.67. The fraction of sp³-hybridized carbons (Fsp3) is 0.538. The van der Waals surface area contributed by atoms with Crippen LogP contribution in [0.5, 0.6) is 0 Å². The summed E-state index contributed by atoms with van der Waals surface area (Å²) in [4.78, 5) is 1.36. The minimum atomic E-state index is 1.13. The van der Waals surface area contributed by atoms with E-state index in [1.807, 2.05) is 27.7 Å². The molecule has 0 heterocycles. The van der Waals surface area contributed by atoms with E-state index >= 15 is 0 Å². The SMILES string of the molecule is CC.CC.CCc1cccc(SC)c1. The fourth-order valence-electron chi connectivity index (χ4n) is 0.892. The van der Waals surface area contributed by atoms with Crippen molar-refractivity contribution in [1.82, 2.24) is 0 Å². The molecule has 0 nitrogen and oxygen atoms in total. The van der Waals surface area contributed by atoms with Crippen LogP contribution in [0.1, 0.15) is 40.2 Å². The lowest BCUT2D eigenvalue weighted by molar-refractivity contribution is 1.12. The summed E-state index contributed by atoms with van der Waals surface area (Å²) in [5.74, 6) is 0. The Kier molecular flexibility index (Phi) is 14.4. The third kappa shape index (κ3) is 7.02. The summed E-state index contributed by atoms with van der Waals surface area (Å²) >= 11 is 1.80. The van der Waals surface area contributed by atoms with Crippen molar-refractivity contribution in [3.05, 3.63) is 29.8 Å². The maximum atomic E-state index is 2.24. The molecule has 0 saturated carbocycles. The lowest BCUT2D eigenvalue weighted by Crippen LogP contribution is -1.78. The third-order valence-corrected chi connectivity index (χ3v) is 2.27. The van der Waals surface area contributed by atoms with Crippen LogP contribution in [0.3, 0.4) is 0 Å². The molecule has 14 heavy (non-hydrogen) atoms. The van der Waals surface area contributed by atoms with Gasteiger partial charge in [-0.25, -0.2) is 0 Å². The van der Waals surface area contributed by atoms with Crippen molar-refractivity contribution in [2.45, 2.75) is 45.9 Å². The van der Waals surface area contributed by atoms with E-state index in [1.54, 1.807) is 11.8 Å². The van der Waals surface area contributed by atoms with E-state index in [4.69, 9.17) is 0 Å². The van der Waals surface area contributed by atoms with E-state index in [-0.39, 0.29) is 0 Å². The zero-order valence-corrected chi connectivity index (χ0v) is 11.2. The van der Waals surface area contributed by atoms with E-state index in [0.717, 1.165) is 6.42 Å². The molecule has 0 aliphatic rings. The largest absolute Gasteiger partial charge is 0.130 e. The van der Waals surface area contributed by atoms with Crippen LogP contribution in [0.25, 0.3) is 0 Å². The second-order valence-corrected chi connectivity index (χ2v) is 3.08. The van der Waals surface area contributed by atoms with Crippen LogP contribution >= 0.6 is 11.8 Å². The first-order valence-electron chi connectivity index (χ1n) is 5.49. The first-order chi connectivity index (χ1) is 6.86. The van der Waals surface area contributed by atoms with E-state index in [9.17, 15) is 0 Å². The summed E-state index contributed by atoms with van der Waals surface area (Å²) in [5.41, 5.74) is 1.42. The molecular weight excluding hydrogens is 188 g/mol. The van der Waals surface area contributed by atoms with Gasteiger partial charge in [0, 0.05) is 4.90 Å². The molecule has 1 aromatic rings. The number of aryl methyl sites for hydroxylation is 1. The summed E-state index contributed by atoms with van der Waals surface area (Å²) in [5, 5.41) is 0. The molecular formula is C13H24S. The maximum absolute atomic E-state index is 2.24. The molecule has 1 aromatic carbocycles. The Balaban J connectivity index is 0. The zero-order valence-electron chi connectivity index (χ0n) is 10.4. The average molecular weight is 212 g/mol. The Morgan fingerprint density at radius 3 is 2.07 bits per heavy atom. The highest BCUT2D eigenvalue weighted by atomic mass is 32.2. The molecule has 1 rings (SSSR count). The molecule has 0 saturated heterocycles. The predicted octanol–water partition coefficient (Wildman–Crippen LogP) is 5.02. The number of benzene rings is 1. The van der Waals surface area contributed by atoms with Crippen LogP contribution in [0.15, 0.2) is 29.2 Å². The molecule has 0 aliphatic heterocycles. The normalized spacial score (nSPS) is 7.86. The van der Waals surface area contributed by atoms with Crippen molar-refractivity contribution >= 4 is 11.8 Å². The van der Waals surface area contributed by atoms with Crippen LogP contribution in [0, 0.1) is 0 Å². The van der Waals surface area contributed by atoms with Gasteiger partial charge in [-0.2, -0.15) is 0 Å². The van der Waals surface area contributed by atoms with Crippen molar-refractivity contribution < 1.29 is 0 Å². The van der Waals surface area contributed by atoms with Gasteiger partial charge in [0.1, 0.15) is 0 Å². The number of rotatable bonds is 2. The molecule has 82 valence electrons. The number of hydrogen-bond donors (Lipinski definition) is 0. The summed E-state index contributed by atoms with van der Waals surface area (Å²) in [6.07, 6.45) is 3.24. The quantitative estimate of drug-likeness (QED) is 0.620. The zero-order chi connectivity index (χ0) is 11.4. The van der Waals surface area contributed by atoms with Gasteiger partial charge in [0.2, 0.25) is 0 Å². The second-order valence-electron chi connectivity index (χ2n) is 2.21. The molecule has 0 bridgehead atoms. The maximum Gasteiger partial charge on any atom is 0.00718 e. The summed E-state index contributed by atoms with van der Waals surface area (Å²) in [6.45, 7) is 10.2. The van der Waals surface area contributed by atoms with Gasteiger partial charge >= 0.3 is 0 Å². The topological polar surface area (TPSA) is 0 Å². The van der Waals surface area contributed by atoms with Gasteiger partial charge in [0.15, 0.2) is 0 Å². The predicted molar refractivity (Wildman–Crippen MR) is 70.3 cm³/mol. The summed E-state index contributed by atoms with van der Waals surface area (Å²) in [7, 11) is 0. The molecule has 0 unspecified atom stereocenters. The van der Waals surface area contributed by atoms with Gasteiger partial charge in [-0.3, -0.25) is 0 Å². The Bertz CT molecular complexity index is 187. The minimum Gasteiger partial charge on any atom is -0.130 e. The van der Waals surface area contributed by atoms with Crippen LogP contribution in [0.4, 0.5) is 0 Å². The smallest absolute Gasteiger partial charge is 0.00718 e. The molecule has 0 aromatic heterocycles. The highest BCUT2D eigenvalue weighted by Crippen LogP contribution is 2.15. The van der Waals surface area contributed by atoms with Crippen molar-refractivity contribution in [3.63, 3.8) is 0 Å². The lowest BCUT2D eigenvalue weighted by atomic mass is 10.2. The second kappa shape index (κ2) is 12.6. The third-order valence-electron chi connectivity index (χ3n) is 1.54. The van der Waals surface area contributed by atoms with Crippen molar-refractivity contribution in [3.8, 4) is 0 Å².